The number of carbonyl (C=O) groups is 1. The summed E-state index contributed by atoms with van der Waals surface area (Å²) < 4.78 is 0. The zero-order chi connectivity index (χ0) is 17.6. The van der Waals surface area contributed by atoms with Gasteiger partial charge in [0.25, 0.3) is 0 Å². The number of benzene rings is 2. The molecule has 0 fully saturated rings. The van der Waals surface area contributed by atoms with Gasteiger partial charge in [0, 0.05) is 6.92 Å². The lowest BCUT2D eigenvalue weighted by molar-refractivity contribution is -0.121. The molecular weight excluding hydrogens is 351 g/mol. The van der Waals surface area contributed by atoms with E-state index in [1.807, 2.05) is 25.4 Å². The molecule has 2 rings (SSSR count). The second-order valence-electron chi connectivity index (χ2n) is 4.88. The van der Waals surface area contributed by atoms with Crippen LogP contribution in [0.4, 0.5) is 11.4 Å². The number of nitrogens with zero attached hydrogens (tertiary/aromatic N) is 1. The van der Waals surface area contributed by atoms with Crippen molar-refractivity contribution in [3.05, 3.63) is 57.6 Å². The van der Waals surface area contributed by atoms with Gasteiger partial charge in [0.05, 0.1) is 21.4 Å². The Morgan fingerprint density at radius 1 is 1.04 bits per heavy atom. The van der Waals surface area contributed by atoms with Crippen LogP contribution >= 0.6 is 23.2 Å². The third-order valence-corrected chi connectivity index (χ3v) is 3.52. The Labute approximate surface area is 152 Å². The minimum absolute atomic E-state index is 0. The Bertz CT molecular complexity index is 694. The average molecular weight is 373 g/mol. The summed E-state index contributed by atoms with van der Waals surface area (Å²) in [7, 11) is 0. The molecule has 5 nitrogen and oxygen atoms in total. The van der Waals surface area contributed by atoms with Crippen LogP contribution in [0, 0.1) is 13.8 Å². The number of rotatable bonds is 2. The van der Waals surface area contributed by atoms with Crippen LogP contribution in [0.2, 0.25) is 10.0 Å². The van der Waals surface area contributed by atoms with Gasteiger partial charge in [0.2, 0.25) is 5.91 Å². The summed E-state index contributed by atoms with van der Waals surface area (Å²) in [6.07, 6.45) is 0. The summed E-state index contributed by atoms with van der Waals surface area (Å²) >= 11 is 11.5. The highest BCUT2D eigenvalue weighted by atomic mass is 35.5. The highest BCUT2D eigenvalue weighted by Gasteiger charge is 2.11. The number of carbonyl (C=O) groups excluding carboxylic acids is 1. The molecule has 0 bridgehead atoms. The van der Waals surface area contributed by atoms with E-state index in [1.165, 1.54) is 6.92 Å². The van der Waals surface area contributed by atoms with E-state index in [0.717, 1.165) is 11.1 Å². The predicted octanol–water partition coefficient (Wildman–Crippen LogP) is 5.48. The molecule has 2 aromatic rings. The monoisotopic (exact) mass is 372 g/mol. The highest BCUT2D eigenvalue weighted by molar-refractivity contribution is 6.33. The van der Waals surface area contributed by atoms with Crippen LogP contribution < -0.4 is 10.5 Å². The molecule has 24 heavy (non-hydrogen) atoms. The molecule has 7 heteroatoms. The zero-order valence-corrected chi connectivity index (χ0v) is 14.5. The van der Waals surface area contributed by atoms with Crippen molar-refractivity contribution in [2.24, 2.45) is 0 Å². The number of hydrogen-bond acceptors (Lipinski definition) is 4. The average Bonchev–Trinajstić information content (AvgIpc) is 2.52. The lowest BCUT2D eigenvalue weighted by Gasteiger charge is -2.14. The van der Waals surface area contributed by atoms with E-state index < -0.39 is 5.91 Å². The van der Waals surface area contributed by atoms with Gasteiger partial charge in [-0.25, -0.2) is 0 Å². The van der Waals surface area contributed by atoms with Crippen molar-refractivity contribution in [3.63, 3.8) is 0 Å². The Morgan fingerprint density at radius 2 is 1.54 bits per heavy atom. The Balaban J connectivity index is 0.000000436. The van der Waals surface area contributed by atoms with Crippen LogP contribution in [0.1, 0.15) is 25.5 Å². The lowest BCUT2D eigenvalue weighted by atomic mass is 10.2. The van der Waals surface area contributed by atoms with Gasteiger partial charge in [-0.1, -0.05) is 42.8 Å². The summed E-state index contributed by atoms with van der Waals surface area (Å²) in [6, 6.07) is 10.5. The van der Waals surface area contributed by atoms with Crippen LogP contribution in [0.25, 0.3) is 0 Å². The predicted molar refractivity (Wildman–Crippen MR) is 99.5 cm³/mol. The molecule has 0 unspecified atom stereocenters. The van der Waals surface area contributed by atoms with Gasteiger partial charge < -0.3 is 0 Å². The summed E-state index contributed by atoms with van der Waals surface area (Å²) in [5, 5.41) is 19.2. The molecule has 0 spiro atoms. The topological polar surface area (TPSA) is 72.8 Å². The van der Waals surface area contributed by atoms with Crippen LogP contribution in [-0.2, 0) is 4.79 Å². The fraction of sp³-hybridized carbons (Fsp3) is 0.235. The van der Waals surface area contributed by atoms with Crippen molar-refractivity contribution in [2.45, 2.75) is 28.2 Å². The molecule has 132 valence electrons. The number of nitrogens with one attached hydrogen (secondary N) is 1. The fourth-order valence-corrected chi connectivity index (χ4v) is 2.04. The smallest absolute Gasteiger partial charge is 0.247 e. The second kappa shape index (κ2) is 10.2. The van der Waals surface area contributed by atoms with Crippen molar-refractivity contribution in [1.29, 1.82) is 0 Å². The van der Waals surface area contributed by atoms with Crippen LogP contribution in [0.3, 0.4) is 0 Å². The minimum atomic E-state index is -0.465. The molecule has 0 aromatic heterocycles. The number of halogens is 2. The number of hydrogen-bond donors (Lipinski definition) is 3. The molecule has 0 aliphatic rings. The van der Waals surface area contributed by atoms with Crippen molar-refractivity contribution in [2.75, 3.05) is 10.5 Å². The maximum Gasteiger partial charge on any atom is 0.247 e. The van der Waals surface area contributed by atoms with Crippen molar-refractivity contribution in [1.82, 2.24) is 0 Å². The van der Waals surface area contributed by atoms with E-state index >= 15 is 0 Å². The van der Waals surface area contributed by atoms with Crippen LogP contribution in [0.5, 0.6) is 0 Å². The molecule has 3 N–H and O–H groups in total. The van der Waals surface area contributed by atoms with Crippen molar-refractivity contribution < 1.29 is 15.2 Å². The number of amides is 1. The molecule has 0 aliphatic heterocycles. The largest absolute Gasteiger partial charge is 0.291 e. The first-order chi connectivity index (χ1) is 10.8. The summed E-state index contributed by atoms with van der Waals surface area (Å²) in [5.41, 5.74) is 4.85. The first-order valence-corrected chi connectivity index (χ1v) is 7.43. The molecule has 0 heterocycles. The normalized spacial score (nSPS) is 9.29. The lowest BCUT2D eigenvalue weighted by Crippen LogP contribution is -2.24. The first-order valence-electron chi connectivity index (χ1n) is 6.68. The molecule has 0 saturated carbocycles. The summed E-state index contributed by atoms with van der Waals surface area (Å²) in [4.78, 5) is 10.8. The first kappa shape index (κ1) is 22.2. The van der Waals surface area contributed by atoms with E-state index in [1.54, 1.807) is 30.3 Å². The van der Waals surface area contributed by atoms with Gasteiger partial charge in [0.15, 0.2) is 0 Å². The van der Waals surface area contributed by atoms with Gasteiger partial charge in [-0.05, 0) is 49.2 Å². The molecule has 1 amide bonds. The van der Waals surface area contributed by atoms with Crippen molar-refractivity contribution >= 4 is 40.5 Å². The van der Waals surface area contributed by atoms with E-state index in [0.29, 0.717) is 26.5 Å². The quantitative estimate of drug-likeness (QED) is 0.482. The SMILES string of the molecule is C.CC(=O)N(O)c1cc(C)ccc1Cl.Cc1ccc(Cl)c(NO)c1. The van der Waals surface area contributed by atoms with E-state index in [4.69, 9.17) is 28.4 Å². The van der Waals surface area contributed by atoms with Crippen LogP contribution in [0.15, 0.2) is 36.4 Å². The Kier molecular flexibility index (Phi) is 9.40. The molecule has 0 radical (unpaired) electrons. The standard InChI is InChI=1S/C9H10ClNO2.C7H8ClNO.CH4/c1-6-3-4-8(10)9(5-6)11(13)7(2)12;1-5-2-3-6(8)7(4-5)9-10;/h3-5,13H,1-2H3;2-4,9-10H,1H3;1H4. The van der Waals surface area contributed by atoms with E-state index in [2.05, 4.69) is 0 Å². The molecule has 0 aliphatic carbocycles. The van der Waals surface area contributed by atoms with Gasteiger partial charge in [-0.3, -0.25) is 20.7 Å². The zero-order valence-electron chi connectivity index (χ0n) is 13.0. The van der Waals surface area contributed by atoms with Crippen LogP contribution in [-0.4, -0.2) is 16.3 Å². The third-order valence-electron chi connectivity index (χ3n) is 2.87. The second-order valence-corrected chi connectivity index (χ2v) is 5.70. The molecule has 2 aromatic carbocycles. The third kappa shape index (κ3) is 6.37. The van der Waals surface area contributed by atoms with Gasteiger partial charge in [-0.15, -0.1) is 0 Å². The maximum atomic E-state index is 10.8. The minimum Gasteiger partial charge on any atom is -0.291 e. The summed E-state index contributed by atoms with van der Waals surface area (Å²) in [5.74, 6) is -0.465. The highest BCUT2D eigenvalue weighted by Crippen LogP contribution is 2.25. The fourth-order valence-electron chi connectivity index (χ4n) is 1.68. The van der Waals surface area contributed by atoms with E-state index in [-0.39, 0.29) is 7.43 Å². The van der Waals surface area contributed by atoms with Crippen molar-refractivity contribution in [3.8, 4) is 0 Å². The maximum absolute atomic E-state index is 10.8. The van der Waals surface area contributed by atoms with Gasteiger partial charge in [0.1, 0.15) is 0 Å². The number of hydroxylamine groups is 1. The van der Waals surface area contributed by atoms with E-state index in [9.17, 15) is 10.0 Å². The Morgan fingerprint density at radius 3 is 2.00 bits per heavy atom. The Hall–Kier alpha value is -1.79. The van der Waals surface area contributed by atoms with Gasteiger partial charge in [-0.2, -0.15) is 5.06 Å². The number of anilines is 2. The number of aryl methyl sites for hydroxylation is 2. The molecule has 0 saturated heterocycles. The molecular formula is C17H22Cl2N2O3. The summed E-state index contributed by atoms with van der Waals surface area (Å²) in [6.45, 7) is 5.05. The van der Waals surface area contributed by atoms with Gasteiger partial charge >= 0.3 is 0 Å². The molecule has 0 atom stereocenters.